The third-order valence-corrected chi connectivity index (χ3v) is 9.51. The van der Waals surface area contributed by atoms with Crippen molar-refractivity contribution >= 4 is 38.9 Å². The van der Waals surface area contributed by atoms with E-state index in [0.29, 0.717) is 5.70 Å². The zero-order valence-electron chi connectivity index (χ0n) is 23.6. The van der Waals surface area contributed by atoms with E-state index in [0.717, 1.165) is 22.6 Å². The number of hydrogen-bond donors (Lipinski definition) is 2. The molecule has 2 atom stereocenters. The van der Waals surface area contributed by atoms with Gasteiger partial charge < -0.3 is 15.3 Å². The molecule has 3 rings (SSSR count). The van der Waals surface area contributed by atoms with Gasteiger partial charge in [0.2, 0.25) is 5.91 Å². The lowest BCUT2D eigenvalue weighted by Gasteiger charge is -2.27. The number of amides is 2. The minimum absolute atomic E-state index is 0.0216. The summed E-state index contributed by atoms with van der Waals surface area (Å²) < 4.78 is 25.0. The van der Waals surface area contributed by atoms with Crippen molar-refractivity contribution in [3.8, 4) is 0 Å². The van der Waals surface area contributed by atoms with Crippen molar-refractivity contribution in [2.75, 3.05) is 17.3 Å². The van der Waals surface area contributed by atoms with Crippen LogP contribution in [0.5, 0.6) is 0 Å². The predicted octanol–water partition coefficient (Wildman–Crippen LogP) is 4.07. The molecule has 0 bridgehead atoms. The number of nitro groups is 2. The molecule has 1 aliphatic rings. The monoisotopic (exact) mass is 603 g/mol. The number of rotatable bonds is 11. The van der Waals surface area contributed by atoms with Gasteiger partial charge in [-0.1, -0.05) is 30.3 Å². The van der Waals surface area contributed by atoms with Crippen molar-refractivity contribution in [3.63, 3.8) is 0 Å². The van der Waals surface area contributed by atoms with Gasteiger partial charge >= 0.3 is 6.09 Å². The van der Waals surface area contributed by atoms with Gasteiger partial charge in [0.15, 0.2) is 9.84 Å². The van der Waals surface area contributed by atoms with E-state index in [1.165, 1.54) is 17.2 Å². The predicted molar refractivity (Wildman–Crippen MR) is 154 cm³/mol. The highest BCUT2D eigenvalue weighted by Crippen LogP contribution is 2.37. The topological polar surface area (TPSA) is 193 Å². The Morgan fingerprint density at radius 2 is 1.69 bits per heavy atom. The van der Waals surface area contributed by atoms with E-state index in [9.17, 15) is 43.3 Å². The fraction of sp³-hybridized carbons (Fsp3) is 0.407. The van der Waals surface area contributed by atoms with Crippen LogP contribution < -0.4 is 10.2 Å². The van der Waals surface area contributed by atoms with E-state index >= 15 is 0 Å². The summed E-state index contributed by atoms with van der Waals surface area (Å²) in [6.07, 6.45) is 0.132. The Balaban J connectivity index is 1.87. The molecule has 0 unspecified atom stereocenters. The number of non-ortho nitro benzene ring substituents is 1. The van der Waals surface area contributed by atoms with Gasteiger partial charge in [-0.05, 0) is 45.7 Å². The number of hydrogen-bond acceptors (Lipinski definition) is 9. The minimum Gasteiger partial charge on any atom is -0.465 e. The number of anilines is 1. The molecule has 0 saturated carbocycles. The molecule has 2 aromatic rings. The van der Waals surface area contributed by atoms with Crippen molar-refractivity contribution < 1.29 is 33.0 Å². The smallest absolute Gasteiger partial charge is 0.412 e. The van der Waals surface area contributed by atoms with Gasteiger partial charge in [-0.3, -0.25) is 29.9 Å². The maximum atomic E-state index is 13.4. The Bertz CT molecular complexity index is 1500. The first-order valence-corrected chi connectivity index (χ1v) is 14.6. The number of sulfone groups is 1. The molecule has 2 amide bonds. The van der Waals surface area contributed by atoms with Crippen molar-refractivity contribution in [3.05, 3.63) is 86.2 Å². The molecule has 0 aromatic heterocycles. The van der Waals surface area contributed by atoms with Crippen molar-refractivity contribution in [1.82, 2.24) is 10.2 Å². The molecule has 2 N–H and O–H groups in total. The highest BCUT2D eigenvalue weighted by molar-refractivity contribution is 7.92. The number of benzene rings is 2. The Hall–Kier alpha value is -4.53. The summed E-state index contributed by atoms with van der Waals surface area (Å²) in [5.74, 6) is -1.82. The number of nitro benzene ring substituents is 2. The zero-order chi connectivity index (χ0) is 31.4. The lowest BCUT2D eigenvalue weighted by Crippen LogP contribution is -2.43. The number of carbonyl (C=O) groups is 2. The lowest BCUT2D eigenvalue weighted by molar-refractivity contribution is -0.393. The molecule has 0 aliphatic carbocycles. The SMILES string of the molecule is C[C@H](CC1=CN(C(=O)O)CN1c1ccc([N+](=O)[O-])cc1[N+](=O)[O-])NC(=O)[C@H](Cc1ccccc1)CS(=O)(=O)C(C)(C)C. The Kier molecular flexibility index (Phi) is 9.56. The standard InChI is InChI=1S/C27H33N5O9S/c1-18(28-25(33)20(13-19-8-6-5-7-9-19)16-42(40,41)27(2,3)4)12-22-15-29(26(34)35)17-30(22)23-11-10-21(31(36)37)14-24(23)32(38)39/h5-11,14-15,18,20H,12-13,16-17H2,1-4H3,(H,28,33)(H,34,35)/t18-,20-/m1/s1. The Labute approximate surface area is 242 Å². The van der Waals surface area contributed by atoms with Crippen LogP contribution >= 0.6 is 0 Å². The second-order valence-corrected chi connectivity index (χ2v) is 13.8. The number of nitrogens with zero attached hydrogens (tertiary/aromatic N) is 4. The van der Waals surface area contributed by atoms with Gasteiger partial charge in [-0.2, -0.15) is 0 Å². The van der Waals surface area contributed by atoms with Crippen LogP contribution in [0.4, 0.5) is 21.9 Å². The second-order valence-electron chi connectivity index (χ2n) is 11.0. The summed E-state index contributed by atoms with van der Waals surface area (Å²) in [4.78, 5) is 48.8. The average Bonchev–Trinajstić information content (AvgIpc) is 3.31. The summed E-state index contributed by atoms with van der Waals surface area (Å²) in [6, 6.07) is 11.4. The molecular weight excluding hydrogens is 570 g/mol. The average molecular weight is 604 g/mol. The van der Waals surface area contributed by atoms with Gasteiger partial charge in [0.1, 0.15) is 12.4 Å². The minimum atomic E-state index is -3.67. The highest BCUT2D eigenvalue weighted by Gasteiger charge is 2.36. The van der Waals surface area contributed by atoms with Gasteiger partial charge in [0.05, 0.1) is 32.3 Å². The summed E-state index contributed by atoms with van der Waals surface area (Å²) in [5.41, 5.74) is -0.0713. The van der Waals surface area contributed by atoms with Crippen LogP contribution in [0.25, 0.3) is 0 Å². The molecule has 0 radical (unpaired) electrons. The maximum absolute atomic E-state index is 13.4. The normalized spacial score (nSPS) is 15.1. The third-order valence-electron chi connectivity index (χ3n) is 6.80. The largest absolute Gasteiger partial charge is 0.465 e. The van der Waals surface area contributed by atoms with E-state index < -0.39 is 59.8 Å². The molecule has 1 heterocycles. The fourth-order valence-corrected chi connectivity index (χ4v) is 5.71. The first-order valence-electron chi connectivity index (χ1n) is 13.0. The summed E-state index contributed by atoms with van der Waals surface area (Å²) in [5, 5.41) is 35.3. The molecule has 14 nitrogen and oxygen atoms in total. The molecule has 0 fully saturated rings. The first-order chi connectivity index (χ1) is 19.5. The van der Waals surface area contributed by atoms with Crippen LogP contribution in [0.3, 0.4) is 0 Å². The van der Waals surface area contributed by atoms with Crippen molar-refractivity contribution in [2.24, 2.45) is 5.92 Å². The van der Waals surface area contributed by atoms with E-state index in [1.807, 2.05) is 6.07 Å². The van der Waals surface area contributed by atoms with Gasteiger partial charge in [-0.25, -0.2) is 13.2 Å². The van der Waals surface area contributed by atoms with Gasteiger partial charge in [0.25, 0.3) is 11.4 Å². The first kappa shape index (κ1) is 32.0. The van der Waals surface area contributed by atoms with E-state index in [-0.39, 0.29) is 31.0 Å². The summed E-state index contributed by atoms with van der Waals surface area (Å²) >= 11 is 0. The maximum Gasteiger partial charge on any atom is 0.412 e. The van der Waals surface area contributed by atoms with E-state index in [2.05, 4.69) is 5.32 Å². The van der Waals surface area contributed by atoms with Gasteiger partial charge in [0, 0.05) is 30.4 Å². The number of carboxylic acid groups (broad SMARTS) is 1. The number of carbonyl (C=O) groups excluding carboxylic acids is 1. The molecule has 42 heavy (non-hydrogen) atoms. The van der Waals surface area contributed by atoms with Crippen LogP contribution in [0, 0.1) is 26.1 Å². The van der Waals surface area contributed by atoms with Crippen LogP contribution in [0.2, 0.25) is 0 Å². The lowest BCUT2D eigenvalue weighted by atomic mass is 9.99. The highest BCUT2D eigenvalue weighted by atomic mass is 32.2. The quantitative estimate of drug-likeness (QED) is 0.279. The summed E-state index contributed by atoms with van der Waals surface area (Å²) in [6.45, 7) is 6.02. The molecule has 1 aliphatic heterocycles. The molecular formula is C27H33N5O9S. The van der Waals surface area contributed by atoms with Crippen LogP contribution in [-0.4, -0.2) is 63.5 Å². The van der Waals surface area contributed by atoms with Crippen LogP contribution in [0.1, 0.15) is 39.7 Å². The van der Waals surface area contributed by atoms with Gasteiger partial charge in [-0.15, -0.1) is 0 Å². The third kappa shape index (κ3) is 7.60. The zero-order valence-corrected chi connectivity index (χ0v) is 24.4. The summed E-state index contributed by atoms with van der Waals surface area (Å²) in [7, 11) is -3.67. The molecule has 15 heteroatoms. The molecule has 226 valence electrons. The molecule has 0 spiro atoms. The molecule has 0 saturated heterocycles. The van der Waals surface area contributed by atoms with E-state index in [1.54, 1.807) is 52.0 Å². The second kappa shape index (κ2) is 12.5. The molecule has 2 aromatic carbocycles. The fourth-order valence-electron chi connectivity index (χ4n) is 4.41. The van der Waals surface area contributed by atoms with Crippen molar-refractivity contribution in [1.29, 1.82) is 0 Å². The van der Waals surface area contributed by atoms with E-state index in [4.69, 9.17) is 0 Å². The van der Waals surface area contributed by atoms with Crippen LogP contribution in [-0.2, 0) is 21.1 Å². The Morgan fingerprint density at radius 3 is 2.24 bits per heavy atom. The van der Waals surface area contributed by atoms with Crippen molar-refractivity contribution in [2.45, 2.75) is 51.3 Å². The van der Waals surface area contributed by atoms with Crippen LogP contribution in [0.15, 0.2) is 60.4 Å². The Morgan fingerprint density at radius 1 is 1.05 bits per heavy atom. The number of nitrogens with one attached hydrogen (secondary N) is 1.